The molecule has 136 valence electrons. The SMILES string of the molecule is CNS(=O)(=O)Cc1cccc(CNS(=O)(=O)c2cc(C)ccc2F)c1. The molecule has 0 unspecified atom stereocenters. The molecular formula is C16H19FN2O4S2. The number of nitrogens with one attached hydrogen (secondary N) is 2. The van der Waals surface area contributed by atoms with Crippen LogP contribution in [0, 0.1) is 12.7 Å². The van der Waals surface area contributed by atoms with Gasteiger partial charge in [-0.25, -0.2) is 30.7 Å². The monoisotopic (exact) mass is 386 g/mol. The molecule has 0 aliphatic heterocycles. The summed E-state index contributed by atoms with van der Waals surface area (Å²) in [5.74, 6) is -1.04. The molecule has 0 aromatic heterocycles. The molecule has 9 heteroatoms. The number of aryl methyl sites for hydroxylation is 1. The average molecular weight is 386 g/mol. The van der Waals surface area contributed by atoms with Crippen LogP contribution in [0.3, 0.4) is 0 Å². The molecule has 2 rings (SSSR count). The second kappa shape index (κ2) is 7.61. The van der Waals surface area contributed by atoms with Gasteiger partial charge >= 0.3 is 0 Å². The van der Waals surface area contributed by atoms with E-state index in [-0.39, 0.29) is 12.3 Å². The van der Waals surface area contributed by atoms with Crippen molar-refractivity contribution < 1.29 is 21.2 Å². The molecule has 2 aromatic rings. The van der Waals surface area contributed by atoms with E-state index in [9.17, 15) is 21.2 Å². The van der Waals surface area contributed by atoms with Crippen LogP contribution in [0.2, 0.25) is 0 Å². The normalized spacial score (nSPS) is 12.3. The van der Waals surface area contributed by atoms with Crippen molar-refractivity contribution in [2.45, 2.75) is 24.1 Å². The number of hydrogen-bond acceptors (Lipinski definition) is 4. The van der Waals surface area contributed by atoms with Crippen LogP contribution in [0.5, 0.6) is 0 Å². The van der Waals surface area contributed by atoms with Crippen LogP contribution in [-0.2, 0) is 32.3 Å². The zero-order chi connectivity index (χ0) is 18.7. The molecular weight excluding hydrogens is 367 g/mol. The lowest BCUT2D eigenvalue weighted by molar-refractivity contribution is 0.556. The summed E-state index contributed by atoms with van der Waals surface area (Å²) in [6, 6.07) is 10.4. The zero-order valence-electron chi connectivity index (χ0n) is 13.8. The Morgan fingerprint density at radius 3 is 2.36 bits per heavy atom. The van der Waals surface area contributed by atoms with Crippen LogP contribution in [0.1, 0.15) is 16.7 Å². The average Bonchev–Trinajstić information content (AvgIpc) is 2.55. The van der Waals surface area contributed by atoms with Crippen LogP contribution in [0.15, 0.2) is 47.4 Å². The maximum atomic E-state index is 13.8. The highest BCUT2D eigenvalue weighted by Gasteiger charge is 2.19. The molecule has 0 spiro atoms. The van der Waals surface area contributed by atoms with Gasteiger partial charge in [0.05, 0.1) is 5.75 Å². The van der Waals surface area contributed by atoms with Gasteiger partial charge in [0, 0.05) is 6.54 Å². The van der Waals surface area contributed by atoms with Gasteiger partial charge in [0.1, 0.15) is 10.7 Å². The summed E-state index contributed by atoms with van der Waals surface area (Å²) in [4.78, 5) is -0.415. The van der Waals surface area contributed by atoms with Crippen LogP contribution in [0.25, 0.3) is 0 Å². The molecule has 0 fully saturated rings. The quantitative estimate of drug-likeness (QED) is 0.757. The second-order valence-electron chi connectivity index (χ2n) is 5.54. The second-order valence-corrected chi connectivity index (χ2v) is 9.20. The van der Waals surface area contributed by atoms with E-state index in [1.54, 1.807) is 31.2 Å². The summed E-state index contributed by atoms with van der Waals surface area (Å²) in [6.07, 6.45) is 0. The predicted molar refractivity (Wildman–Crippen MR) is 93.3 cm³/mol. The van der Waals surface area contributed by atoms with Crippen LogP contribution in [-0.4, -0.2) is 23.9 Å². The highest BCUT2D eigenvalue weighted by molar-refractivity contribution is 7.89. The van der Waals surface area contributed by atoms with Gasteiger partial charge in [-0.2, -0.15) is 0 Å². The number of hydrogen-bond donors (Lipinski definition) is 2. The highest BCUT2D eigenvalue weighted by atomic mass is 32.2. The predicted octanol–water partition coefficient (Wildman–Crippen LogP) is 1.66. The fraction of sp³-hybridized carbons (Fsp3) is 0.250. The minimum absolute atomic E-state index is 0.0802. The Kier molecular flexibility index (Phi) is 5.94. The first-order valence-corrected chi connectivity index (χ1v) is 10.5. The summed E-state index contributed by atoms with van der Waals surface area (Å²) in [6.45, 7) is 1.59. The molecule has 6 nitrogen and oxygen atoms in total. The molecule has 0 aliphatic rings. The van der Waals surface area contributed by atoms with E-state index in [0.29, 0.717) is 16.7 Å². The standard InChI is InChI=1S/C16H19FN2O4S2/c1-12-6-7-15(17)16(8-12)25(22,23)19-10-13-4-3-5-14(9-13)11-24(20,21)18-2/h3-9,18-19H,10-11H2,1-2H3. The number of halogens is 1. The molecule has 2 N–H and O–H groups in total. The van der Waals surface area contributed by atoms with Crippen LogP contribution < -0.4 is 9.44 Å². The minimum Gasteiger partial charge on any atom is -0.218 e. The zero-order valence-corrected chi connectivity index (χ0v) is 15.4. The number of benzene rings is 2. The molecule has 2 aromatic carbocycles. The fourth-order valence-electron chi connectivity index (χ4n) is 2.19. The maximum absolute atomic E-state index is 13.8. The Bertz CT molecular complexity index is 973. The third kappa shape index (κ3) is 5.33. The Morgan fingerprint density at radius 2 is 1.68 bits per heavy atom. The van der Waals surface area contributed by atoms with E-state index in [1.807, 2.05) is 0 Å². The smallest absolute Gasteiger partial charge is 0.218 e. The first kappa shape index (κ1) is 19.5. The molecule has 0 amide bonds. The summed E-state index contributed by atoms with van der Waals surface area (Å²) < 4.78 is 66.1. The van der Waals surface area contributed by atoms with Crippen molar-refractivity contribution in [3.8, 4) is 0 Å². The van der Waals surface area contributed by atoms with Gasteiger partial charge in [-0.1, -0.05) is 30.3 Å². The first-order chi connectivity index (χ1) is 11.6. The molecule has 0 aliphatic carbocycles. The van der Waals surface area contributed by atoms with Crippen molar-refractivity contribution in [3.63, 3.8) is 0 Å². The van der Waals surface area contributed by atoms with Crippen molar-refractivity contribution in [2.75, 3.05) is 7.05 Å². The van der Waals surface area contributed by atoms with Gasteiger partial charge in [0.2, 0.25) is 20.0 Å². The third-order valence-electron chi connectivity index (χ3n) is 3.50. The molecule has 0 bridgehead atoms. The van der Waals surface area contributed by atoms with Gasteiger partial charge < -0.3 is 0 Å². The molecule has 0 saturated heterocycles. The van der Waals surface area contributed by atoms with Gasteiger partial charge in [0.25, 0.3) is 0 Å². The van der Waals surface area contributed by atoms with E-state index >= 15 is 0 Å². The summed E-state index contributed by atoms with van der Waals surface area (Å²) >= 11 is 0. The van der Waals surface area contributed by atoms with E-state index < -0.39 is 30.8 Å². The molecule has 0 saturated carbocycles. The summed E-state index contributed by atoms with van der Waals surface area (Å²) in [5, 5.41) is 0. The molecule has 25 heavy (non-hydrogen) atoms. The Morgan fingerprint density at radius 1 is 1.00 bits per heavy atom. The minimum atomic E-state index is -4.02. The molecule has 0 heterocycles. The maximum Gasteiger partial charge on any atom is 0.243 e. The van der Waals surface area contributed by atoms with Crippen molar-refractivity contribution in [2.24, 2.45) is 0 Å². The van der Waals surface area contributed by atoms with E-state index in [1.165, 1.54) is 19.2 Å². The van der Waals surface area contributed by atoms with Crippen molar-refractivity contribution in [1.82, 2.24) is 9.44 Å². The van der Waals surface area contributed by atoms with Gasteiger partial charge in [0.15, 0.2) is 0 Å². The summed E-state index contributed by atoms with van der Waals surface area (Å²) in [7, 11) is -6.12. The first-order valence-electron chi connectivity index (χ1n) is 7.38. The van der Waals surface area contributed by atoms with Crippen LogP contribution in [0.4, 0.5) is 4.39 Å². The van der Waals surface area contributed by atoms with Crippen molar-refractivity contribution in [3.05, 3.63) is 65.0 Å². The van der Waals surface area contributed by atoms with Crippen LogP contribution >= 0.6 is 0 Å². The van der Waals surface area contributed by atoms with E-state index in [4.69, 9.17) is 0 Å². The lowest BCUT2D eigenvalue weighted by Crippen LogP contribution is -2.24. The van der Waals surface area contributed by atoms with E-state index in [2.05, 4.69) is 9.44 Å². The fourth-order valence-corrected chi connectivity index (χ4v) is 4.13. The third-order valence-corrected chi connectivity index (χ3v) is 6.25. The Labute approximate surface area is 147 Å². The van der Waals surface area contributed by atoms with Gasteiger partial charge in [-0.05, 0) is 42.8 Å². The number of rotatable bonds is 7. The highest BCUT2D eigenvalue weighted by Crippen LogP contribution is 2.17. The topological polar surface area (TPSA) is 92.3 Å². The lowest BCUT2D eigenvalue weighted by Gasteiger charge is -2.10. The Balaban J connectivity index is 2.17. The van der Waals surface area contributed by atoms with Crippen molar-refractivity contribution in [1.29, 1.82) is 0 Å². The number of sulfonamides is 2. The molecule has 0 atom stereocenters. The summed E-state index contributed by atoms with van der Waals surface area (Å²) in [5.41, 5.74) is 1.72. The van der Waals surface area contributed by atoms with Gasteiger partial charge in [-0.3, -0.25) is 0 Å². The largest absolute Gasteiger partial charge is 0.243 e. The van der Waals surface area contributed by atoms with Crippen molar-refractivity contribution >= 4 is 20.0 Å². The van der Waals surface area contributed by atoms with Gasteiger partial charge in [-0.15, -0.1) is 0 Å². The van der Waals surface area contributed by atoms with E-state index in [0.717, 1.165) is 6.07 Å². The Hall–Kier alpha value is -1.81. The lowest BCUT2D eigenvalue weighted by atomic mass is 10.1. The molecule has 0 radical (unpaired) electrons.